The highest BCUT2D eigenvalue weighted by Gasteiger charge is 2.30. The molecule has 8 heteroatoms. The first kappa shape index (κ1) is 15.0. The van der Waals surface area contributed by atoms with E-state index in [4.69, 9.17) is 0 Å². The lowest BCUT2D eigenvalue weighted by Crippen LogP contribution is -2.43. The number of aliphatic hydroxyl groups is 1. The molecular weight excluding hydrogens is 358 g/mol. The average Bonchev–Trinajstić information content (AvgIpc) is 2.91. The van der Waals surface area contributed by atoms with Crippen molar-refractivity contribution >= 4 is 37.0 Å². The van der Waals surface area contributed by atoms with Crippen LogP contribution in [0.15, 0.2) is 24.4 Å². The van der Waals surface area contributed by atoms with Crippen LogP contribution in [0.5, 0.6) is 0 Å². The van der Waals surface area contributed by atoms with Gasteiger partial charge in [0, 0.05) is 23.8 Å². The molecule has 0 atom stereocenters. The Labute approximate surface area is 131 Å². The summed E-state index contributed by atoms with van der Waals surface area (Å²) < 4.78 is 27.8. The lowest BCUT2D eigenvalue weighted by atomic mass is 10.1. The summed E-state index contributed by atoms with van der Waals surface area (Å²) in [6, 6.07) is 5.57. The molecule has 0 spiro atoms. The Kier molecular flexibility index (Phi) is 4.04. The number of benzene rings is 1. The fourth-order valence-electron chi connectivity index (χ4n) is 2.51. The Morgan fingerprint density at radius 3 is 2.71 bits per heavy atom. The van der Waals surface area contributed by atoms with Gasteiger partial charge in [0.25, 0.3) is 0 Å². The number of alkyl halides is 1. The molecule has 1 aromatic carbocycles. The minimum Gasteiger partial charge on any atom is -0.393 e. The minimum atomic E-state index is -3.67. The maximum atomic E-state index is 12.7. The number of hydrogen-bond acceptors (Lipinski definition) is 4. The van der Waals surface area contributed by atoms with Crippen molar-refractivity contribution in [2.24, 2.45) is 0 Å². The summed E-state index contributed by atoms with van der Waals surface area (Å²) in [6.45, 7) is 0.647. The van der Waals surface area contributed by atoms with Crippen molar-refractivity contribution in [2.45, 2.75) is 24.3 Å². The lowest BCUT2D eigenvalue weighted by molar-refractivity contribution is 0.112. The summed E-state index contributed by atoms with van der Waals surface area (Å²) in [7, 11) is -3.67. The maximum Gasteiger partial charge on any atom is 0.323 e. The second-order valence-corrected chi connectivity index (χ2v) is 7.47. The zero-order chi connectivity index (χ0) is 15.0. The second kappa shape index (κ2) is 5.68. The van der Waals surface area contributed by atoms with Gasteiger partial charge in [0.05, 0.1) is 17.8 Å². The molecule has 0 bridgehead atoms. The Morgan fingerprint density at radius 1 is 1.33 bits per heavy atom. The molecule has 3 rings (SSSR count). The number of aliphatic hydroxyl groups excluding tert-OH is 1. The highest BCUT2D eigenvalue weighted by molar-refractivity contribution is 9.08. The van der Waals surface area contributed by atoms with Crippen LogP contribution in [0.3, 0.4) is 0 Å². The number of hydrogen-bond donors (Lipinski definition) is 1. The van der Waals surface area contributed by atoms with Crippen LogP contribution in [0.25, 0.3) is 10.9 Å². The van der Waals surface area contributed by atoms with Gasteiger partial charge in [0.15, 0.2) is 0 Å². The molecule has 21 heavy (non-hydrogen) atoms. The van der Waals surface area contributed by atoms with Crippen LogP contribution < -0.4 is 0 Å². The van der Waals surface area contributed by atoms with Gasteiger partial charge in [-0.15, -0.1) is 4.09 Å². The van der Waals surface area contributed by atoms with E-state index in [1.807, 2.05) is 12.1 Å². The van der Waals surface area contributed by atoms with Crippen molar-refractivity contribution in [1.82, 2.24) is 13.5 Å². The van der Waals surface area contributed by atoms with E-state index >= 15 is 0 Å². The number of piperidine rings is 1. The van der Waals surface area contributed by atoms with Crippen LogP contribution in [-0.2, 0) is 15.5 Å². The zero-order valence-corrected chi connectivity index (χ0v) is 13.7. The molecule has 0 amide bonds. The standard InChI is InChI=1S/C13H16BrN3O3S/c14-8-10-1-2-13-11(7-10)9-15-17(13)21(19,20)16-5-3-12(18)4-6-16/h1-2,7,9,12,18H,3-6,8H2. The third-order valence-corrected chi connectivity index (χ3v) is 6.12. The maximum absolute atomic E-state index is 12.7. The smallest absolute Gasteiger partial charge is 0.323 e. The van der Waals surface area contributed by atoms with Crippen molar-refractivity contribution < 1.29 is 13.5 Å². The van der Waals surface area contributed by atoms with Gasteiger partial charge in [-0.05, 0) is 30.5 Å². The molecule has 2 aromatic rings. The molecular formula is C13H16BrN3O3S. The van der Waals surface area contributed by atoms with Gasteiger partial charge in [-0.2, -0.15) is 17.8 Å². The summed E-state index contributed by atoms with van der Waals surface area (Å²) in [4.78, 5) is 0. The molecule has 1 aromatic heterocycles. The van der Waals surface area contributed by atoms with E-state index in [0.717, 1.165) is 15.0 Å². The topological polar surface area (TPSA) is 75.4 Å². The number of fused-ring (bicyclic) bond motifs is 1. The number of aromatic nitrogens is 2. The largest absolute Gasteiger partial charge is 0.393 e. The molecule has 0 saturated carbocycles. The highest BCUT2D eigenvalue weighted by Crippen LogP contribution is 2.22. The average molecular weight is 374 g/mol. The van der Waals surface area contributed by atoms with Gasteiger partial charge in [0.1, 0.15) is 0 Å². The van der Waals surface area contributed by atoms with E-state index in [2.05, 4.69) is 21.0 Å². The zero-order valence-electron chi connectivity index (χ0n) is 11.3. The van der Waals surface area contributed by atoms with Gasteiger partial charge in [0.2, 0.25) is 0 Å². The first-order valence-corrected chi connectivity index (χ1v) is 9.25. The van der Waals surface area contributed by atoms with E-state index in [-0.39, 0.29) is 0 Å². The van der Waals surface area contributed by atoms with Gasteiger partial charge in [-0.25, -0.2) is 0 Å². The molecule has 114 valence electrons. The first-order valence-electron chi connectivity index (χ1n) is 6.73. The highest BCUT2D eigenvalue weighted by atomic mass is 79.9. The molecule has 1 aliphatic rings. The molecule has 6 nitrogen and oxygen atoms in total. The molecule has 2 heterocycles. The Bertz CT molecular complexity index is 751. The minimum absolute atomic E-state index is 0.324. The van der Waals surface area contributed by atoms with E-state index < -0.39 is 16.3 Å². The SMILES string of the molecule is O=S(=O)(N1CCC(O)CC1)n1ncc2cc(CBr)ccc21. The van der Waals surface area contributed by atoms with E-state index in [1.165, 1.54) is 4.31 Å². The van der Waals surface area contributed by atoms with Crippen molar-refractivity contribution in [3.05, 3.63) is 30.0 Å². The van der Waals surface area contributed by atoms with Gasteiger partial charge >= 0.3 is 10.2 Å². The predicted octanol–water partition coefficient (Wildman–Crippen LogP) is 1.48. The molecule has 1 fully saturated rings. The Balaban J connectivity index is 1.99. The van der Waals surface area contributed by atoms with E-state index in [9.17, 15) is 13.5 Å². The van der Waals surface area contributed by atoms with Crippen molar-refractivity contribution in [1.29, 1.82) is 0 Å². The fraction of sp³-hybridized carbons (Fsp3) is 0.462. The Morgan fingerprint density at radius 2 is 2.05 bits per heavy atom. The summed E-state index contributed by atoms with van der Waals surface area (Å²) in [6.07, 6.45) is 2.09. The van der Waals surface area contributed by atoms with Crippen molar-refractivity contribution in [3.8, 4) is 0 Å². The predicted molar refractivity (Wildman–Crippen MR) is 83.5 cm³/mol. The molecule has 1 aliphatic heterocycles. The number of halogens is 1. The number of nitrogens with zero attached hydrogens (tertiary/aromatic N) is 3. The monoisotopic (exact) mass is 373 g/mol. The van der Waals surface area contributed by atoms with Gasteiger partial charge < -0.3 is 5.11 Å². The van der Waals surface area contributed by atoms with Crippen LogP contribution in [0.4, 0.5) is 0 Å². The van der Waals surface area contributed by atoms with Gasteiger partial charge in [-0.3, -0.25) is 0 Å². The third-order valence-electron chi connectivity index (χ3n) is 3.72. The summed E-state index contributed by atoms with van der Waals surface area (Å²) in [5.41, 5.74) is 1.64. The lowest BCUT2D eigenvalue weighted by Gasteiger charge is -2.28. The summed E-state index contributed by atoms with van der Waals surface area (Å²) in [5.74, 6) is 0. The second-order valence-electron chi connectivity index (χ2n) is 5.15. The third kappa shape index (κ3) is 2.73. The molecule has 1 saturated heterocycles. The van der Waals surface area contributed by atoms with E-state index in [0.29, 0.717) is 36.8 Å². The molecule has 0 unspecified atom stereocenters. The Hall–Kier alpha value is -0.960. The number of rotatable bonds is 3. The van der Waals surface area contributed by atoms with Gasteiger partial charge in [-0.1, -0.05) is 22.0 Å². The summed E-state index contributed by atoms with van der Waals surface area (Å²) >= 11 is 3.38. The fourth-order valence-corrected chi connectivity index (χ4v) is 4.33. The molecule has 1 N–H and O–H groups in total. The van der Waals surface area contributed by atoms with Crippen molar-refractivity contribution in [2.75, 3.05) is 13.1 Å². The summed E-state index contributed by atoms with van der Waals surface area (Å²) in [5, 5.41) is 15.1. The van der Waals surface area contributed by atoms with Crippen LogP contribution in [0, 0.1) is 0 Å². The molecule has 0 radical (unpaired) electrons. The quantitative estimate of drug-likeness (QED) is 0.826. The molecule has 0 aliphatic carbocycles. The van der Waals surface area contributed by atoms with Crippen LogP contribution >= 0.6 is 15.9 Å². The van der Waals surface area contributed by atoms with Crippen LogP contribution in [-0.4, -0.2) is 46.2 Å². The normalized spacial score (nSPS) is 18.4. The van der Waals surface area contributed by atoms with Crippen LogP contribution in [0.2, 0.25) is 0 Å². The van der Waals surface area contributed by atoms with Crippen molar-refractivity contribution in [3.63, 3.8) is 0 Å². The van der Waals surface area contributed by atoms with E-state index in [1.54, 1.807) is 12.3 Å². The van der Waals surface area contributed by atoms with Crippen LogP contribution in [0.1, 0.15) is 18.4 Å². The first-order chi connectivity index (χ1) is 10.0.